The number of likely N-dealkylation sites (N-methyl/N-ethyl adjacent to an activating group) is 1. The van der Waals surface area contributed by atoms with E-state index in [1.54, 1.807) is 30.5 Å². The standard InChI is InChI=1S/C19H22N2O5S2/c1-13-8-16-9-15(4-5-17(16)21(13)28(3,24)25)19(23)26-11-18(22)20(2)10-14-6-7-27-12-14/h4-7,9,12-13H,8,10-11H2,1-3H3/t13-/m1/s1. The van der Waals surface area contributed by atoms with Gasteiger partial charge in [0.15, 0.2) is 6.61 Å². The van der Waals surface area contributed by atoms with Crippen molar-refractivity contribution in [1.82, 2.24) is 4.90 Å². The number of carbonyl (C=O) groups is 2. The summed E-state index contributed by atoms with van der Waals surface area (Å²) in [5.41, 5.74) is 2.68. The van der Waals surface area contributed by atoms with E-state index < -0.39 is 16.0 Å². The predicted octanol–water partition coefficient (Wildman–Crippen LogP) is 2.27. The summed E-state index contributed by atoms with van der Waals surface area (Å²) in [6.45, 7) is 1.93. The quantitative estimate of drug-likeness (QED) is 0.667. The van der Waals surface area contributed by atoms with Crippen molar-refractivity contribution in [3.63, 3.8) is 0 Å². The minimum absolute atomic E-state index is 0.205. The number of ether oxygens (including phenoxy) is 1. The van der Waals surface area contributed by atoms with Crippen LogP contribution in [0.1, 0.15) is 28.4 Å². The molecule has 150 valence electrons. The smallest absolute Gasteiger partial charge is 0.338 e. The third-order valence-electron chi connectivity index (χ3n) is 4.58. The van der Waals surface area contributed by atoms with Crippen molar-refractivity contribution in [1.29, 1.82) is 0 Å². The van der Waals surface area contributed by atoms with E-state index in [-0.39, 0.29) is 18.6 Å². The Balaban J connectivity index is 1.63. The Morgan fingerprint density at radius 1 is 1.32 bits per heavy atom. The molecular formula is C19H22N2O5S2. The van der Waals surface area contributed by atoms with Crippen LogP contribution in [0.15, 0.2) is 35.0 Å². The summed E-state index contributed by atoms with van der Waals surface area (Å²) in [4.78, 5) is 26.0. The zero-order valence-electron chi connectivity index (χ0n) is 15.9. The molecule has 1 atom stereocenters. The third-order valence-corrected chi connectivity index (χ3v) is 6.58. The van der Waals surface area contributed by atoms with Crippen LogP contribution in [0.3, 0.4) is 0 Å². The van der Waals surface area contributed by atoms with Crippen LogP contribution in [-0.4, -0.2) is 51.1 Å². The number of sulfonamides is 1. The molecule has 1 aliphatic heterocycles. The van der Waals surface area contributed by atoms with E-state index in [2.05, 4.69) is 0 Å². The summed E-state index contributed by atoms with van der Waals surface area (Å²) in [6.07, 6.45) is 1.69. The molecular weight excluding hydrogens is 400 g/mol. The topological polar surface area (TPSA) is 84.0 Å². The second-order valence-corrected chi connectivity index (χ2v) is 9.55. The summed E-state index contributed by atoms with van der Waals surface area (Å²) in [7, 11) is -1.73. The van der Waals surface area contributed by atoms with E-state index in [1.807, 2.05) is 23.8 Å². The Hall–Kier alpha value is -2.39. The van der Waals surface area contributed by atoms with Crippen molar-refractivity contribution in [2.24, 2.45) is 0 Å². The van der Waals surface area contributed by atoms with Gasteiger partial charge in [0.1, 0.15) is 0 Å². The molecule has 28 heavy (non-hydrogen) atoms. The molecule has 1 amide bonds. The molecule has 0 unspecified atom stereocenters. The van der Waals surface area contributed by atoms with Gasteiger partial charge in [-0.1, -0.05) is 0 Å². The summed E-state index contributed by atoms with van der Waals surface area (Å²) in [5.74, 6) is -0.900. The highest BCUT2D eigenvalue weighted by atomic mass is 32.2. The maximum absolute atomic E-state index is 12.3. The predicted molar refractivity (Wildman–Crippen MR) is 108 cm³/mol. The molecule has 0 N–H and O–H groups in total. The average Bonchev–Trinajstić information content (AvgIpc) is 3.24. The SMILES string of the molecule is C[C@@H]1Cc2cc(C(=O)OCC(=O)N(C)Cc3ccsc3)ccc2N1S(C)(=O)=O. The Morgan fingerprint density at radius 2 is 2.07 bits per heavy atom. The average molecular weight is 423 g/mol. The fraction of sp³-hybridized carbons (Fsp3) is 0.368. The number of anilines is 1. The van der Waals surface area contributed by atoms with Crippen LogP contribution in [0.25, 0.3) is 0 Å². The number of hydrogen-bond donors (Lipinski definition) is 0. The molecule has 0 saturated heterocycles. The van der Waals surface area contributed by atoms with E-state index in [4.69, 9.17) is 4.74 Å². The highest BCUT2D eigenvalue weighted by molar-refractivity contribution is 7.92. The van der Waals surface area contributed by atoms with Crippen LogP contribution >= 0.6 is 11.3 Å². The first kappa shape index (κ1) is 20.3. The van der Waals surface area contributed by atoms with E-state index in [0.29, 0.717) is 24.2 Å². The lowest BCUT2D eigenvalue weighted by Gasteiger charge is -2.21. The third kappa shape index (κ3) is 4.36. The fourth-order valence-electron chi connectivity index (χ4n) is 3.30. The number of fused-ring (bicyclic) bond motifs is 1. The highest BCUT2D eigenvalue weighted by Gasteiger charge is 2.33. The van der Waals surface area contributed by atoms with Gasteiger partial charge in [-0.15, -0.1) is 0 Å². The van der Waals surface area contributed by atoms with Crippen LogP contribution in [0.2, 0.25) is 0 Å². The lowest BCUT2D eigenvalue weighted by Crippen LogP contribution is -2.34. The lowest BCUT2D eigenvalue weighted by atomic mass is 10.1. The normalized spacial score (nSPS) is 16.0. The molecule has 1 aromatic carbocycles. The molecule has 1 aromatic heterocycles. The molecule has 0 bridgehead atoms. The van der Waals surface area contributed by atoms with Gasteiger partial charge in [-0.25, -0.2) is 13.2 Å². The summed E-state index contributed by atoms with van der Waals surface area (Å²) < 4.78 is 30.5. The molecule has 0 spiro atoms. The number of thiophene rings is 1. The van der Waals surface area contributed by atoms with Crippen molar-refractivity contribution >= 4 is 38.9 Å². The van der Waals surface area contributed by atoms with Gasteiger partial charge in [-0.05, 0) is 59.5 Å². The number of hydrogen-bond acceptors (Lipinski definition) is 6. The highest BCUT2D eigenvalue weighted by Crippen LogP contribution is 2.34. The van der Waals surface area contributed by atoms with Crippen molar-refractivity contribution in [3.05, 3.63) is 51.7 Å². The monoisotopic (exact) mass is 422 g/mol. The minimum atomic E-state index is -3.38. The fourth-order valence-corrected chi connectivity index (χ4v) is 5.22. The molecule has 7 nitrogen and oxygen atoms in total. The first-order valence-corrected chi connectivity index (χ1v) is 11.5. The minimum Gasteiger partial charge on any atom is -0.452 e. The van der Waals surface area contributed by atoms with Crippen LogP contribution in [0.4, 0.5) is 5.69 Å². The second-order valence-electron chi connectivity index (χ2n) is 6.91. The van der Waals surface area contributed by atoms with Gasteiger partial charge in [-0.3, -0.25) is 9.10 Å². The van der Waals surface area contributed by atoms with Gasteiger partial charge in [0.25, 0.3) is 5.91 Å². The first-order chi connectivity index (χ1) is 13.2. The van der Waals surface area contributed by atoms with Crippen LogP contribution in [0, 0.1) is 0 Å². The number of benzene rings is 1. The largest absolute Gasteiger partial charge is 0.452 e. The summed E-state index contributed by atoms with van der Waals surface area (Å²) in [5, 5.41) is 3.90. The molecule has 0 aliphatic carbocycles. The lowest BCUT2D eigenvalue weighted by molar-refractivity contribution is -0.133. The van der Waals surface area contributed by atoms with Gasteiger partial charge in [0, 0.05) is 19.6 Å². The van der Waals surface area contributed by atoms with Crippen LogP contribution < -0.4 is 4.31 Å². The number of nitrogens with zero attached hydrogens (tertiary/aromatic N) is 2. The molecule has 0 saturated carbocycles. The Labute approximate surface area is 168 Å². The molecule has 0 fully saturated rings. The zero-order chi connectivity index (χ0) is 20.5. The Bertz CT molecular complexity index is 986. The maximum atomic E-state index is 12.3. The molecule has 2 aromatic rings. The van der Waals surface area contributed by atoms with Gasteiger partial charge in [0.2, 0.25) is 10.0 Å². The van der Waals surface area contributed by atoms with Crippen LogP contribution in [-0.2, 0) is 32.5 Å². The van der Waals surface area contributed by atoms with Crippen molar-refractivity contribution < 1.29 is 22.7 Å². The maximum Gasteiger partial charge on any atom is 0.338 e. The Morgan fingerprint density at radius 3 is 2.71 bits per heavy atom. The van der Waals surface area contributed by atoms with Gasteiger partial charge in [0.05, 0.1) is 17.5 Å². The van der Waals surface area contributed by atoms with E-state index in [1.165, 1.54) is 21.5 Å². The number of amides is 1. The number of esters is 1. The zero-order valence-corrected chi connectivity index (χ0v) is 17.5. The molecule has 1 aliphatic rings. The number of carbonyl (C=O) groups excluding carboxylic acids is 2. The molecule has 0 radical (unpaired) electrons. The molecule has 3 rings (SSSR count). The Kier molecular flexibility index (Phi) is 5.76. The summed E-state index contributed by atoms with van der Waals surface area (Å²) >= 11 is 1.56. The summed E-state index contributed by atoms with van der Waals surface area (Å²) in [6, 6.07) is 6.51. The van der Waals surface area contributed by atoms with Crippen molar-refractivity contribution in [3.8, 4) is 0 Å². The van der Waals surface area contributed by atoms with Crippen LogP contribution in [0.5, 0.6) is 0 Å². The van der Waals surface area contributed by atoms with E-state index >= 15 is 0 Å². The molecule has 9 heteroatoms. The van der Waals surface area contributed by atoms with Crippen molar-refractivity contribution in [2.75, 3.05) is 24.2 Å². The van der Waals surface area contributed by atoms with E-state index in [9.17, 15) is 18.0 Å². The molecule has 2 heterocycles. The van der Waals surface area contributed by atoms with Crippen molar-refractivity contribution in [2.45, 2.75) is 25.9 Å². The van der Waals surface area contributed by atoms with E-state index in [0.717, 1.165) is 11.1 Å². The van der Waals surface area contributed by atoms with Gasteiger partial charge >= 0.3 is 5.97 Å². The first-order valence-electron chi connectivity index (χ1n) is 8.71. The van der Waals surface area contributed by atoms with Gasteiger partial charge < -0.3 is 9.64 Å². The van der Waals surface area contributed by atoms with Gasteiger partial charge in [-0.2, -0.15) is 11.3 Å². The second kappa shape index (κ2) is 7.92. The number of rotatable bonds is 6.